The van der Waals surface area contributed by atoms with Gasteiger partial charge in [0.2, 0.25) is 0 Å². The molecule has 0 atom stereocenters. The minimum Gasteiger partial charge on any atom is -0.463 e. The second-order valence-corrected chi connectivity index (χ2v) is 3.40. The van der Waals surface area contributed by atoms with Crippen molar-refractivity contribution in [3.05, 3.63) is 12.7 Å². The Morgan fingerprint density at radius 2 is 1.80 bits per heavy atom. The van der Waals surface area contributed by atoms with E-state index in [1.54, 1.807) is 0 Å². The number of nitriles is 1. The van der Waals surface area contributed by atoms with Gasteiger partial charge in [-0.25, -0.2) is 4.79 Å². The van der Waals surface area contributed by atoms with E-state index < -0.39 is 0 Å². The van der Waals surface area contributed by atoms with Gasteiger partial charge >= 0.3 is 5.97 Å². The van der Waals surface area contributed by atoms with Crippen molar-refractivity contribution >= 4 is 5.97 Å². The van der Waals surface area contributed by atoms with Gasteiger partial charge in [-0.3, -0.25) is 0 Å². The highest BCUT2D eigenvalue weighted by Crippen LogP contribution is 2.06. The highest BCUT2D eigenvalue weighted by Gasteiger charge is 1.95. The predicted molar refractivity (Wildman–Crippen MR) is 59.1 cm³/mol. The lowest BCUT2D eigenvalue weighted by molar-refractivity contribution is -0.137. The van der Waals surface area contributed by atoms with Crippen molar-refractivity contribution in [2.45, 2.75) is 44.9 Å². The Balaban J connectivity index is 3.02. The lowest BCUT2D eigenvalue weighted by Crippen LogP contribution is -2.01. The molecule has 15 heavy (non-hydrogen) atoms. The molecule has 3 heteroatoms. The van der Waals surface area contributed by atoms with Gasteiger partial charge in [0, 0.05) is 12.5 Å². The van der Waals surface area contributed by atoms with Gasteiger partial charge in [0.15, 0.2) is 0 Å². The fourth-order valence-electron chi connectivity index (χ4n) is 1.24. The Kier molecular flexibility index (Phi) is 9.84. The van der Waals surface area contributed by atoms with E-state index in [0.29, 0.717) is 13.0 Å². The van der Waals surface area contributed by atoms with Gasteiger partial charge in [-0.1, -0.05) is 32.3 Å². The van der Waals surface area contributed by atoms with E-state index in [2.05, 4.69) is 12.6 Å². The number of hydrogen-bond donors (Lipinski definition) is 0. The number of unbranched alkanes of at least 4 members (excludes halogenated alkanes) is 6. The SMILES string of the molecule is C=CC(=O)OCCCCCCCCC#N. The molecule has 0 aliphatic carbocycles. The minimum absolute atomic E-state index is 0.343. The molecule has 0 amide bonds. The molecule has 0 saturated heterocycles. The van der Waals surface area contributed by atoms with E-state index >= 15 is 0 Å². The van der Waals surface area contributed by atoms with E-state index in [9.17, 15) is 4.79 Å². The molecular weight excluding hydrogens is 190 g/mol. The van der Waals surface area contributed by atoms with Gasteiger partial charge < -0.3 is 4.74 Å². The Hall–Kier alpha value is -1.30. The van der Waals surface area contributed by atoms with Crippen molar-refractivity contribution in [1.29, 1.82) is 5.26 Å². The standard InChI is InChI=1S/C12H19NO2/c1-2-12(14)15-11-9-7-5-3-4-6-8-10-13/h2H,1,3-9,11H2. The van der Waals surface area contributed by atoms with Gasteiger partial charge in [-0.15, -0.1) is 0 Å². The van der Waals surface area contributed by atoms with Crippen LogP contribution in [0.25, 0.3) is 0 Å². The Morgan fingerprint density at radius 3 is 2.40 bits per heavy atom. The number of carbonyl (C=O) groups is 1. The maximum Gasteiger partial charge on any atom is 0.330 e. The van der Waals surface area contributed by atoms with Crippen LogP contribution < -0.4 is 0 Å². The maximum atomic E-state index is 10.6. The summed E-state index contributed by atoms with van der Waals surface area (Å²) in [6, 6.07) is 2.13. The van der Waals surface area contributed by atoms with Crippen LogP contribution in [0, 0.1) is 11.3 Å². The topological polar surface area (TPSA) is 50.1 Å². The molecule has 0 rings (SSSR count). The van der Waals surface area contributed by atoms with Gasteiger partial charge in [0.1, 0.15) is 0 Å². The first-order valence-electron chi connectivity index (χ1n) is 5.47. The van der Waals surface area contributed by atoms with Crippen LogP contribution in [0.3, 0.4) is 0 Å². The second-order valence-electron chi connectivity index (χ2n) is 3.40. The third-order valence-corrected chi connectivity index (χ3v) is 2.09. The van der Waals surface area contributed by atoms with Crippen molar-refractivity contribution in [3.8, 4) is 6.07 Å². The number of hydrogen-bond acceptors (Lipinski definition) is 3. The number of carbonyl (C=O) groups excluding carboxylic acids is 1. The molecule has 0 N–H and O–H groups in total. The highest BCUT2D eigenvalue weighted by molar-refractivity contribution is 5.81. The summed E-state index contributed by atoms with van der Waals surface area (Å²) in [5.74, 6) is -0.343. The molecule has 0 aliphatic rings. The molecule has 0 aliphatic heterocycles. The summed E-state index contributed by atoms with van der Waals surface area (Å²) in [4.78, 5) is 10.6. The number of ether oxygens (including phenoxy) is 1. The Morgan fingerprint density at radius 1 is 1.20 bits per heavy atom. The van der Waals surface area contributed by atoms with Gasteiger partial charge in [-0.05, 0) is 12.8 Å². The van der Waals surface area contributed by atoms with Crippen LogP contribution in [0.2, 0.25) is 0 Å². The summed E-state index contributed by atoms with van der Waals surface area (Å²) in [5.41, 5.74) is 0. The zero-order valence-corrected chi connectivity index (χ0v) is 9.21. The molecule has 0 spiro atoms. The molecule has 0 heterocycles. The first kappa shape index (κ1) is 13.7. The molecule has 0 aromatic heterocycles. The first-order valence-corrected chi connectivity index (χ1v) is 5.47. The minimum atomic E-state index is -0.343. The van der Waals surface area contributed by atoms with Crippen LogP contribution in [0.1, 0.15) is 44.9 Å². The summed E-state index contributed by atoms with van der Waals surface area (Å²) in [5, 5.41) is 8.31. The summed E-state index contributed by atoms with van der Waals surface area (Å²) < 4.78 is 4.84. The van der Waals surface area contributed by atoms with Crippen molar-refractivity contribution in [1.82, 2.24) is 0 Å². The van der Waals surface area contributed by atoms with Crippen molar-refractivity contribution in [3.63, 3.8) is 0 Å². The molecule has 0 aromatic carbocycles. The van der Waals surface area contributed by atoms with Crippen LogP contribution >= 0.6 is 0 Å². The molecule has 0 bridgehead atoms. The molecular formula is C12H19NO2. The fraction of sp³-hybridized carbons (Fsp3) is 0.667. The first-order chi connectivity index (χ1) is 7.31. The highest BCUT2D eigenvalue weighted by atomic mass is 16.5. The fourth-order valence-corrected chi connectivity index (χ4v) is 1.24. The molecule has 0 fully saturated rings. The summed E-state index contributed by atoms with van der Waals surface area (Å²) in [6.45, 7) is 3.81. The molecule has 3 nitrogen and oxygen atoms in total. The average Bonchev–Trinajstić information content (AvgIpc) is 2.26. The Bertz CT molecular complexity index is 218. The number of esters is 1. The third kappa shape index (κ3) is 10.6. The summed E-state index contributed by atoms with van der Waals surface area (Å²) in [7, 11) is 0. The van der Waals surface area contributed by atoms with Crippen LogP contribution in [0.15, 0.2) is 12.7 Å². The number of nitrogens with zero attached hydrogens (tertiary/aromatic N) is 1. The molecule has 0 saturated carbocycles. The zero-order chi connectivity index (χ0) is 11.4. The largest absolute Gasteiger partial charge is 0.463 e. The van der Waals surface area contributed by atoms with E-state index in [1.807, 2.05) is 0 Å². The molecule has 84 valence electrons. The summed E-state index contributed by atoms with van der Waals surface area (Å²) in [6.07, 6.45) is 8.28. The van der Waals surface area contributed by atoms with Gasteiger partial charge in [-0.2, -0.15) is 5.26 Å². The summed E-state index contributed by atoms with van der Waals surface area (Å²) >= 11 is 0. The van der Waals surface area contributed by atoms with E-state index in [4.69, 9.17) is 10.00 Å². The molecule has 0 aromatic rings. The Labute approximate surface area is 91.7 Å². The van der Waals surface area contributed by atoms with E-state index in [1.165, 1.54) is 6.08 Å². The zero-order valence-electron chi connectivity index (χ0n) is 9.21. The van der Waals surface area contributed by atoms with Crippen molar-refractivity contribution in [2.24, 2.45) is 0 Å². The second kappa shape index (κ2) is 10.8. The number of rotatable bonds is 9. The maximum absolute atomic E-state index is 10.6. The molecule has 0 radical (unpaired) electrons. The van der Waals surface area contributed by atoms with E-state index in [0.717, 1.165) is 38.5 Å². The lowest BCUT2D eigenvalue weighted by Gasteiger charge is -2.01. The normalized spacial score (nSPS) is 9.27. The average molecular weight is 209 g/mol. The lowest BCUT2D eigenvalue weighted by atomic mass is 10.1. The van der Waals surface area contributed by atoms with E-state index in [-0.39, 0.29) is 5.97 Å². The van der Waals surface area contributed by atoms with Crippen molar-refractivity contribution < 1.29 is 9.53 Å². The van der Waals surface area contributed by atoms with Gasteiger partial charge in [0.05, 0.1) is 12.7 Å². The quantitative estimate of drug-likeness (QED) is 0.333. The smallest absolute Gasteiger partial charge is 0.330 e. The van der Waals surface area contributed by atoms with Crippen LogP contribution in [0.4, 0.5) is 0 Å². The third-order valence-electron chi connectivity index (χ3n) is 2.09. The van der Waals surface area contributed by atoms with Crippen LogP contribution in [-0.4, -0.2) is 12.6 Å². The molecule has 0 unspecified atom stereocenters. The predicted octanol–water partition coefficient (Wildman–Crippen LogP) is 2.97. The van der Waals surface area contributed by atoms with Crippen molar-refractivity contribution in [2.75, 3.05) is 6.61 Å². The van der Waals surface area contributed by atoms with Crippen LogP contribution in [0.5, 0.6) is 0 Å². The monoisotopic (exact) mass is 209 g/mol. The van der Waals surface area contributed by atoms with Gasteiger partial charge in [0.25, 0.3) is 0 Å². The van der Waals surface area contributed by atoms with Crippen LogP contribution in [-0.2, 0) is 9.53 Å².